The van der Waals surface area contributed by atoms with Gasteiger partial charge in [0, 0.05) is 24.5 Å². The Morgan fingerprint density at radius 3 is 2.56 bits per heavy atom. The molecule has 0 aliphatic heterocycles. The van der Waals surface area contributed by atoms with Crippen LogP contribution in [0.5, 0.6) is 0 Å². The lowest BCUT2D eigenvalue weighted by Gasteiger charge is -2.02. The molecule has 0 saturated carbocycles. The third-order valence-electron chi connectivity index (χ3n) is 3.22. The van der Waals surface area contributed by atoms with Crippen LogP contribution in [0.1, 0.15) is 5.56 Å². The fraction of sp³-hybridized carbons (Fsp3) is 0.133. The van der Waals surface area contributed by atoms with Crippen LogP contribution >= 0.6 is 0 Å². The van der Waals surface area contributed by atoms with Crippen LogP contribution in [0.25, 0.3) is 22.2 Å². The normalized spacial score (nSPS) is 11.0. The lowest BCUT2D eigenvalue weighted by atomic mass is 10.1. The summed E-state index contributed by atoms with van der Waals surface area (Å²) >= 11 is 0. The van der Waals surface area contributed by atoms with E-state index >= 15 is 0 Å². The van der Waals surface area contributed by atoms with E-state index in [-0.39, 0.29) is 0 Å². The number of aryl methyl sites for hydroxylation is 1. The van der Waals surface area contributed by atoms with Crippen molar-refractivity contribution in [2.45, 2.75) is 6.54 Å². The van der Waals surface area contributed by atoms with E-state index in [2.05, 4.69) is 23.3 Å². The van der Waals surface area contributed by atoms with Crippen molar-refractivity contribution < 1.29 is 0 Å². The maximum Gasteiger partial charge on any atom is 0.0974 e. The van der Waals surface area contributed by atoms with E-state index in [1.54, 1.807) is 0 Å². The molecule has 3 rings (SSSR count). The number of hydrogen-bond donors (Lipinski definition) is 1. The van der Waals surface area contributed by atoms with Crippen molar-refractivity contribution in [3.05, 3.63) is 54.1 Å². The van der Waals surface area contributed by atoms with Crippen LogP contribution < -0.4 is 5.73 Å². The molecule has 0 aliphatic carbocycles. The second kappa shape index (κ2) is 4.27. The number of aromatic nitrogens is 2. The van der Waals surface area contributed by atoms with E-state index < -0.39 is 0 Å². The summed E-state index contributed by atoms with van der Waals surface area (Å²) in [6.45, 7) is 0.516. The van der Waals surface area contributed by atoms with Crippen molar-refractivity contribution >= 4 is 10.9 Å². The largest absolute Gasteiger partial charge is 0.326 e. The molecule has 0 aliphatic rings. The Morgan fingerprint density at radius 1 is 1.06 bits per heavy atom. The van der Waals surface area contributed by atoms with Crippen molar-refractivity contribution in [2.75, 3.05) is 0 Å². The predicted octanol–water partition coefficient (Wildman–Crippen LogP) is 2.70. The third-order valence-corrected chi connectivity index (χ3v) is 3.22. The SMILES string of the molecule is Cn1nc2c(CN)cccc2c1-c1ccccc1. The first-order valence-electron chi connectivity index (χ1n) is 6.01. The molecule has 0 radical (unpaired) electrons. The highest BCUT2D eigenvalue weighted by Crippen LogP contribution is 2.29. The molecule has 1 heterocycles. The maximum atomic E-state index is 5.76. The van der Waals surface area contributed by atoms with Crippen LogP contribution in [0, 0.1) is 0 Å². The first-order chi connectivity index (χ1) is 8.81. The van der Waals surface area contributed by atoms with Crippen molar-refractivity contribution in [1.82, 2.24) is 9.78 Å². The molecule has 3 heteroatoms. The summed E-state index contributed by atoms with van der Waals surface area (Å²) < 4.78 is 1.93. The highest BCUT2D eigenvalue weighted by Gasteiger charge is 2.12. The van der Waals surface area contributed by atoms with Gasteiger partial charge in [0.25, 0.3) is 0 Å². The van der Waals surface area contributed by atoms with Gasteiger partial charge in [-0.05, 0) is 5.56 Å². The number of fused-ring (bicyclic) bond motifs is 1. The van der Waals surface area contributed by atoms with Gasteiger partial charge in [0.05, 0.1) is 11.2 Å². The van der Waals surface area contributed by atoms with E-state index in [1.807, 2.05) is 42.1 Å². The van der Waals surface area contributed by atoms with E-state index in [0.717, 1.165) is 22.2 Å². The van der Waals surface area contributed by atoms with Crippen molar-refractivity contribution in [3.63, 3.8) is 0 Å². The summed E-state index contributed by atoms with van der Waals surface area (Å²) in [6.07, 6.45) is 0. The first-order valence-corrected chi connectivity index (χ1v) is 6.01. The third kappa shape index (κ3) is 1.60. The standard InChI is InChI=1S/C15H15N3/c1-18-15(11-6-3-2-4-7-11)13-9-5-8-12(10-16)14(13)17-18/h2-9H,10,16H2,1H3. The number of nitrogens with two attached hydrogens (primary N) is 1. The van der Waals surface area contributed by atoms with E-state index in [4.69, 9.17) is 5.73 Å². The summed E-state index contributed by atoms with van der Waals surface area (Å²) in [5.41, 5.74) is 10.2. The zero-order chi connectivity index (χ0) is 12.5. The minimum Gasteiger partial charge on any atom is -0.326 e. The molecule has 18 heavy (non-hydrogen) atoms. The summed E-state index contributed by atoms with van der Waals surface area (Å²) in [5.74, 6) is 0. The predicted molar refractivity (Wildman–Crippen MR) is 74.0 cm³/mol. The topological polar surface area (TPSA) is 43.8 Å². The second-order valence-corrected chi connectivity index (χ2v) is 4.36. The molecule has 90 valence electrons. The van der Waals surface area contributed by atoms with Crippen LogP contribution in [0.2, 0.25) is 0 Å². The van der Waals surface area contributed by atoms with Gasteiger partial charge in [-0.15, -0.1) is 0 Å². The van der Waals surface area contributed by atoms with Gasteiger partial charge in [-0.1, -0.05) is 48.5 Å². The number of benzene rings is 2. The van der Waals surface area contributed by atoms with E-state index in [0.29, 0.717) is 6.54 Å². The van der Waals surface area contributed by atoms with Crippen LogP contribution in [0.3, 0.4) is 0 Å². The fourth-order valence-corrected chi connectivity index (χ4v) is 2.38. The monoisotopic (exact) mass is 237 g/mol. The first kappa shape index (κ1) is 11.0. The minimum atomic E-state index is 0.516. The zero-order valence-electron chi connectivity index (χ0n) is 10.3. The minimum absolute atomic E-state index is 0.516. The van der Waals surface area contributed by atoms with Gasteiger partial charge in [-0.3, -0.25) is 4.68 Å². The zero-order valence-corrected chi connectivity index (χ0v) is 10.3. The number of rotatable bonds is 2. The van der Waals surface area contributed by atoms with Crippen LogP contribution in [0.15, 0.2) is 48.5 Å². The lowest BCUT2D eigenvalue weighted by molar-refractivity contribution is 0.786. The van der Waals surface area contributed by atoms with Crippen LogP contribution in [0.4, 0.5) is 0 Å². The molecule has 0 atom stereocenters. The summed E-state index contributed by atoms with van der Waals surface area (Å²) in [5, 5.41) is 5.76. The highest BCUT2D eigenvalue weighted by atomic mass is 15.3. The van der Waals surface area contributed by atoms with Gasteiger partial charge in [0.2, 0.25) is 0 Å². The second-order valence-electron chi connectivity index (χ2n) is 4.36. The van der Waals surface area contributed by atoms with Crippen LogP contribution in [-0.2, 0) is 13.6 Å². The molecule has 1 aromatic heterocycles. The van der Waals surface area contributed by atoms with Crippen molar-refractivity contribution in [1.29, 1.82) is 0 Å². The average Bonchev–Trinajstić information content (AvgIpc) is 2.75. The molecular weight excluding hydrogens is 222 g/mol. The Labute approximate surface area is 106 Å². The molecule has 0 bridgehead atoms. The maximum absolute atomic E-state index is 5.76. The Balaban J connectivity index is 2.34. The van der Waals surface area contributed by atoms with Gasteiger partial charge in [0.15, 0.2) is 0 Å². The number of nitrogens with zero attached hydrogens (tertiary/aromatic N) is 2. The lowest BCUT2D eigenvalue weighted by Crippen LogP contribution is -1.97. The molecule has 0 unspecified atom stereocenters. The van der Waals surface area contributed by atoms with Gasteiger partial charge in [-0.2, -0.15) is 5.10 Å². The molecule has 0 spiro atoms. The van der Waals surface area contributed by atoms with Crippen molar-refractivity contribution in [3.8, 4) is 11.3 Å². The molecule has 3 aromatic rings. The molecule has 0 amide bonds. The van der Waals surface area contributed by atoms with Gasteiger partial charge < -0.3 is 5.73 Å². The van der Waals surface area contributed by atoms with Crippen molar-refractivity contribution in [2.24, 2.45) is 12.8 Å². The average molecular weight is 237 g/mol. The fourth-order valence-electron chi connectivity index (χ4n) is 2.38. The Kier molecular flexibility index (Phi) is 2.61. The smallest absolute Gasteiger partial charge is 0.0974 e. The molecule has 3 nitrogen and oxygen atoms in total. The Bertz CT molecular complexity index is 684. The summed E-state index contributed by atoms with van der Waals surface area (Å²) in [7, 11) is 1.97. The Hall–Kier alpha value is -2.13. The molecular formula is C15H15N3. The van der Waals surface area contributed by atoms with Gasteiger partial charge in [0.1, 0.15) is 0 Å². The number of hydrogen-bond acceptors (Lipinski definition) is 2. The summed E-state index contributed by atoms with van der Waals surface area (Å²) in [4.78, 5) is 0. The summed E-state index contributed by atoms with van der Waals surface area (Å²) in [6, 6.07) is 16.5. The molecule has 2 aromatic carbocycles. The quantitative estimate of drug-likeness (QED) is 0.744. The van der Waals surface area contributed by atoms with Gasteiger partial charge in [-0.25, -0.2) is 0 Å². The van der Waals surface area contributed by atoms with Crippen LogP contribution in [-0.4, -0.2) is 9.78 Å². The Morgan fingerprint density at radius 2 is 1.83 bits per heavy atom. The molecule has 2 N–H and O–H groups in total. The highest BCUT2D eigenvalue weighted by molar-refractivity contribution is 5.94. The molecule has 0 saturated heterocycles. The van der Waals surface area contributed by atoms with Gasteiger partial charge >= 0.3 is 0 Å². The molecule has 0 fully saturated rings. The van der Waals surface area contributed by atoms with E-state index in [1.165, 1.54) is 5.56 Å². The van der Waals surface area contributed by atoms with E-state index in [9.17, 15) is 0 Å².